The van der Waals surface area contributed by atoms with Crippen molar-refractivity contribution in [3.05, 3.63) is 22.9 Å². The Balaban J connectivity index is 1.93. The minimum absolute atomic E-state index is 0.572. The van der Waals surface area contributed by atoms with Crippen molar-refractivity contribution < 1.29 is 0 Å². The van der Waals surface area contributed by atoms with Crippen LogP contribution >= 0.6 is 0 Å². The summed E-state index contributed by atoms with van der Waals surface area (Å²) in [6.45, 7) is 7.13. The third kappa shape index (κ3) is 2.19. The molecule has 0 saturated carbocycles. The lowest BCUT2D eigenvalue weighted by atomic mass is 9.94. The highest BCUT2D eigenvalue weighted by Gasteiger charge is 2.35. The van der Waals surface area contributed by atoms with Crippen molar-refractivity contribution in [1.82, 2.24) is 10.3 Å². The minimum atomic E-state index is 0.572. The van der Waals surface area contributed by atoms with Crippen LogP contribution in [0.25, 0.3) is 0 Å². The maximum atomic E-state index is 9.38. The number of nitrogens with one attached hydrogen (secondary N) is 1. The molecule has 1 aromatic rings. The second kappa shape index (κ2) is 4.82. The van der Waals surface area contributed by atoms with Gasteiger partial charge in [0.25, 0.3) is 0 Å². The number of hydrogen-bond acceptors (Lipinski definition) is 4. The van der Waals surface area contributed by atoms with Crippen LogP contribution in [0.3, 0.4) is 0 Å². The van der Waals surface area contributed by atoms with Gasteiger partial charge >= 0.3 is 0 Å². The molecule has 0 aromatic carbocycles. The van der Waals surface area contributed by atoms with Gasteiger partial charge < -0.3 is 10.2 Å². The fourth-order valence-electron chi connectivity index (χ4n) is 3.40. The van der Waals surface area contributed by atoms with E-state index in [9.17, 15) is 5.26 Å². The summed E-state index contributed by atoms with van der Waals surface area (Å²) >= 11 is 0. The number of rotatable bonds is 1. The van der Waals surface area contributed by atoms with Crippen molar-refractivity contribution in [1.29, 1.82) is 5.26 Å². The lowest BCUT2D eigenvalue weighted by Crippen LogP contribution is -2.40. The lowest BCUT2D eigenvalue weighted by molar-refractivity contribution is 0.340. The number of piperidine rings is 1. The molecule has 3 heterocycles. The highest BCUT2D eigenvalue weighted by Crippen LogP contribution is 2.31. The molecule has 0 aliphatic carbocycles. The molecule has 1 aromatic heterocycles. The summed E-state index contributed by atoms with van der Waals surface area (Å²) in [5.74, 6) is 1.60. The molecule has 2 unspecified atom stereocenters. The Hall–Kier alpha value is -1.60. The summed E-state index contributed by atoms with van der Waals surface area (Å²) in [6, 6.07) is 4.89. The van der Waals surface area contributed by atoms with E-state index in [0.29, 0.717) is 12.0 Å². The van der Waals surface area contributed by atoms with Gasteiger partial charge in [-0.25, -0.2) is 4.98 Å². The van der Waals surface area contributed by atoms with Crippen LogP contribution in [0.1, 0.15) is 29.7 Å². The predicted octanol–water partition coefficient (Wildman–Crippen LogP) is 1.76. The zero-order valence-corrected chi connectivity index (χ0v) is 11.6. The molecule has 4 heteroatoms. The molecular formula is C15H20N4. The number of aryl methyl sites for hydroxylation is 2. The average molecular weight is 256 g/mol. The van der Waals surface area contributed by atoms with Gasteiger partial charge in [-0.1, -0.05) is 0 Å². The van der Waals surface area contributed by atoms with Crippen LogP contribution in [0.5, 0.6) is 0 Å². The molecule has 0 radical (unpaired) electrons. The minimum Gasteiger partial charge on any atom is -0.354 e. The first-order valence-corrected chi connectivity index (χ1v) is 7.05. The van der Waals surface area contributed by atoms with Gasteiger partial charge in [-0.2, -0.15) is 5.26 Å². The van der Waals surface area contributed by atoms with Gasteiger partial charge in [0.05, 0.1) is 5.56 Å². The van der Waals surface area contributed by atoms with Crippen molar-refractivity contribution in [2.45, 2.75) is 32.7 Å². The van der Waals surface area contributed by atoms with Gasteiger partial charge in [-0.15, -0.1) is 0 Å². The number of nitriles is 1. The Morgan fingerprint density at radius 1 is 1.42 bits per heavy atom. The zero-order chi connectivity index (χ0) is 13.4. The van der Waals surface area contributed by atoms with E-state index >= 15 is 0 Å². The van der Waals surface area contributed by atoms with Gasteiger partial charge in [0, 0.05) is 24.8 Å². The SMILES string of the molecule is Cc1cc(C)c(C#N)c(N2CC3CCCNC3C2)n1. The molecule has 3 rings (SSSR count). The molecule has 0 bridgehead atoms. The van der Waals surface area contributed by atoms with Crippen LogP contribution in [0, 0.1) is 31.1 Å². The standard InChI is InChI=1S/C15H20N4/c1-10-6-11(2)18-15(13(10)7-16)19-8-12-4-3-5-17-14(12)9-19/h6,12,14,17H,3-5,8-9H2,1-2H3. The zero-order valence-electron chi connectivity index (χ0n) is 11.6. The van der Waals surface area contributed by atoms with E-state index in [4.69, 9.17) is 0 Å². The summed E-state index contributed by atoms with van der Waals surface area (Å²) in [4.78, 5) is 6.92. The lowest BCUT2D eigenvalue weighted by Gasteiger charge is -2.24. The summed E-state index contributed by atoms with van der Waals surface area (Å²) in [5, 5.41) is 13.0. The number of hydrogen-bond donors (Lipinski definition) is 1. The van der Waals surface area contributed by atoms with Crippen molar-refractivity contribution in [3.63, 3.8) is 0 Å². The van der Waals surface area contributed by atoms with Crippen molar-refractivity contribution >= 4 is 5.82 Å². The first-order valence-electron chi connectivity index (χ1n) is 7.05. The van der Waals surface area contributed by atoms with Crippen LogP contribution in [-0.4, -0.2) is 30.7 Å². The van der Waals surface area contributed by atoms with Crippen molar-refractivity contribution in [3.8, 4) is 6.07 Å². The summed E-state index contributed by atoms with van der Waals surface area (Å²) in [6.07, 6.45) is 2.56. The van der Waals surface area contributed by atoms with E-state index in [1.54, 1.807) is 0 Å². The molecule has 2 fully saturated rings. The third-order valence-electron chi connectivity index (χ3n) is 4.34. The van der Waals surface area contributed by atoms with Crippen molar-refractivity contribution in [2.24, 2.45) is 5.92 Å². The van der Waals surface area contributed by atoms with Gasteiger partial charge in [0.15, 0.2) is 0 Å². The second-order valence-corrected chi connectivity index (χ2v) is 5.76. The molecule has 1 N–H and O–H groups in total. The van der Waals surface area contributed by atoms with Crippen LogP contribution in [-0.2, 0) is 0 Å². The largest absolute Gasteiger partial charge is 0.354 e. The van der Waals surface area contributed by atoms with Gasteiger partial charge in [-0.05, 0) is 50.8 Å². The Bertz CT molecular complexity index is 518. The van der Waals surface area contributed by atoms with E-state index in [-0.39, 0.29) is 0 Å². The Morgan fingerprint density at radius 2 is 2.26 bits per heavy atom. The normalized spacial score (nSPS) is 26.1. The van der Waals surface area contributed by atoms with Crippen LogP contribution in [0.4, 0.5) is 5.82 Å². The van der Waals surface area contributed by atoms with Crippen LogP contribution < -0.4 is 10.2 Å². The van der Waals surface area contributed by atoms with Crippen LogP contribution in [0.15, 0.2) is 6.07 Å². The number of fused-ring (bicyclic) bond motifs is 1. The number of aromatic nitrogens is 1. The number of nitrogens with zero attached hydrogens (tertiary/aromatic N) is 3. The fraction of sp³-hybridized carbons (Fsp3) is 0.600. The Kier molecular flexibility index (Phi) is 3.16. The molecule has 100 valence electrons. The highest BCUT2D eigenvalue weighted by atomic mass is 15.2. The molecule has 2 saturated heterocycles. The topological polar surface area (TPSA) is 52.0 Å². The second-order valence-electron chi connectivity index (χ2n) is 5.76. The predicted molar refractivity (Wildman–Crippen MR) is 75.2 cm³/mol. The smallest absolute Gasteiger partial charge is 0.147 e. The van der Waals surface area contributed by atoms with E-state index in [1.807, 2.05) is 19.9 Å². The average Bonchev–Trinajstić information content (AvgIpc) is 2.81. The van der Waals surface area contributed by atoms with Gasteiger partial charge in [0.2, 0.25) is 0 Å². The highest BCUT2D eigenvalue weighted by molar-refractivity contribution is 5.59. The van der Waals surface area contributed by atoms with E-state index in [2.05, 4.69) is 21.3 Å². The number of anilines is 1. The molecular weight excluding hydrogens is 236 g/mol. The molecule has 2 aliphatic heterocycles. The summed E-state index contributed by atoms with van der Waals surface area (Å²) < 4.78 is 0. The first kappa shape index (κ1) is 12.4. The maximum absolute atomic E-state index is 9.38. The van der Waals surface area contributed by atoms with E-state index in [0.717, 1.165) is 42.3 Å². The monoisotopic (exact) mass is 256 g/mol. The molecule has 2 atom stereocenters. The van der Waals surface area contributed by atoms with Crippen LogP contribution in [0.2, 0.25) is 0 Å². The first-order chi connectivity index (χ1) is 9.19. The fourth-order valence-corrected chi connectivity index (χ4v) is 3.40. The summed E-state index contributed by atoms with van der Waals surface area (Å²) in [7, 11) is 0. The molecule has 19 heavy (non-hydrogen) atoms. The van der Waals surface area contributed by atoms with Gasteiger partial charge in [0.1, 0.15) is 11.9 Å². The molecule has 0 spiro atoms. The quantitative estimate of drug-likeness (QED) is 0.832. The van der Waals surface area contributed by atoms with E-state index in [1.165, 1.54) is 12.8 Å². The molecule has 0 amide bonds. The van der Waals surface area contributed by atoms with Gasteiger partial charge in [-0.3, -0.25) is 0 Å². The number of pyridine rings is 1. The van der Waals surface area contributed by atoms with Crippen molar-refractivity contribution in [2.75, 3.05) is 24.5 Å². The Morgan fingerprint density at radius 3 is 3.00 bits per heavy atom. The Labute approximate surface area is 114 Å². The maximum Gasteiger partial charge on any atom is 0.147 e. The molecule has 2 aliphatic rings. The molecule has 4 nitrogen and oxygen atoms in total. The third-order valence-corrected chi connectivity index (χ3v) is 4.34. The summed E-state index contributed by atoms with van der Waals surface area (Å²) in [5.41, 5.74) is 2.77. The van der Waals surface area contributed by atoms with E-state index < -0.39 is 0 Å².